The highest BCUT2D eigenvalue weighted by Crippen LogP contribution is 2.19. The summed E-state index contributed by atoms with van der Waals surface area (Å²) in [5.74, 6) is -1.36. The van der Waals surface area contributed by atoms with E-state index >= 15 is 0 Å². The maximum Gasteiger partial charge on any atom is 0.338 e. The van der Waals surface area contributed by atoms with E-state index in [0.717, 1.165) is 6.08 Å². The molecular formula is C21H19NO8. The number of carbonyl (C=O) groups excluding carboxylic acids is 3. The van der Waals surface area contributed by atoms with Gasteiger partial charge < -0.3 is 14.2 Å². The average Bonchev–Trinajstić information content (AvgIpc) is 2.75. The normalized spacial score (nSPS) is 10.4. The van der Waals surface area contributed by atoms with Gasteiger partial charge >= 0.3 is 11.9 Å². The van der Waals surface area contributed by atoms with Crippen LogP contribution in [0.1, 0.15) is 22.3 Å². The van der Waals surface area contributed by atoms with E-state index in [2.05, 4.69) is 0 Å². The summed E-state index contributed by atoms with van der Waals surface area (Å²) in [5.41, 5.74) is 0.412. The van der Waals surface area contributed by atoms with E-state index in [1.54, 1.807) is 18.2 Å². The molecule has 0 heterocycles. The van der Waals surface area contributed by atoms with E-state index in [1.165, 1.54) is 43.5 Å². The summed E-state index contributed by atoms with van der Waals surface area (Å²) in [6.07, 6.45) is 1.81. The van der Waals surface area contributed by atoms with Crippen molar-refractivity contribution in [2.75, 3.05) is 20.3 Å². The molecule has 0 unspecified atom stereocenters. The van der Waals surface area contributed by atoms with Gasteiger partial charge in [0.05, 0.1) is 23.2 Å². The number of methoxy groups -OCH3 is 1. The summed E-state index contributed by atoms with van der Waals surface area (Å²) in [6, 6.07) is 12.2. The van der Waals surface area contributed by atoms with Gasteiger partial charge in [-0.15, -0.1) is 0 Å². The van der Waals surface area contributed by atoms with Gasteiger partial charge in [0.15, 0.2) is 5.78 Å². The number of ether oxygens (including phenoxy) is 3. The molecule has 0 aromatic heterocycles. The maximum atomic E-state index is 11.8. The Bertz CT molecular complexity index is 950. The number of carbonyl (C=O) groups is 3. The lowest BCUT2D eigenvalue weighted by Crippen LogP contribution is -2.15. The zero-order chi connectivity index (χ0) is 21.9. The third-order valence-electron chi connectivity index (χ3n) is 3.81. The number of hydrogen-bond donors (Lipinski definition) is 0. The predicted molar refractivity (Wildman–Crippen MR) is 106 cm³/mol. The van der Waals surface area contributed by atoms with Crippen molar-refractivity contribution in [3.8, 4) is 5.75 Å². The summed E-state index contributed by atoms with van der Waals surface area (Å²) >= 11 is 0. The fraction of sp³-hybridized carbons (Fsp3) is 0.190. The van der Waals surface area contributed by atoms with Crippen LogP contribution in [0.2, 0.25) is 0 Å². The molecule has 0 spiro atoms. The molecule has 0 radical (unpaired) electrons. The monoisotopic (exact) mass is 413 g/mol. The first-order chi connectivity index (χ1) is 14.4. The smallest absolute Gasteiger partial charge is 0.338 e. The molecule has 0 aliphatic heterocycles. The molecule has 0 aliphatic rings. The molecule has 30 heavy (non-hydrogen) atoms. The topological polar surface area (TPSA) is 122 Å². The fourth-order valence-corrected chi connectivity index (χ4v) is 2.33. The first-order valence-corrected chi connectivity index (χ1v) is 8.82. The largest absolute Gasteiger partial charge is 0.497 e. The highest BCUT2D eigenvalue weighted by atomic mass is 16.6. The Balaban J connectivity index is 1.73. The van der Waals surface area contributed by atoms with Crippen molar-refractivity contribution in [3.05, 3.63) is 75.8 Å². The number of rotatable bonds is 10. The Hall–Kier alpha value is -4.01. The van der Waals surface area contributed by atoms with Gasteiger partial charge in [-0.05, 0) is 42.5 Å². The molecule has 0 saturated carbocycles. The summed E-state index contributed by atoms with van der Waals surface area (Å²) in [5, 5.41) is 10.9. The molecule has 0 amide bonds. The lowest BCUT2D eigenvalue weighted by Gasteiger charge is -2.06. The van der Waals surface area contributed by atoms with Crippen LogP contribution in [0.3, 0.4) is 0 Å². The second-order valence-corrected chi connectivity index (χ2v) is 5.88. The highest BCUT2D eigenvalue weighted by molar-refractivity contribution is 6.04. The van der Waals surface area contributed by atoms with E-state index in [-0.39, 0.29) is 24.5 Å². The molecule has 0 saturated heterocycles. The predicted octanol–water partition coefficient (Wildman–Crippen LogP) is 2.98. The van der Waals surface area contributed by atoms with Crippen molar-refractivity contribution < 1.29 is 33.5 Å². The first-order valence-electron chi connectivity index (χ1n) is 8.82. The van der Waals surface area contributed by atoms with Crippen LogP contribution in [-0.2, 0) is 19.1 Å². The van der Waals surface area contributed by atoms with Crippen molar-refractivity contribution in [2.24, 2.45) is 0 Å². The second-order valence-electron chi connectivity index (χ2n) is 5.88. The molecule has 2 aromatic rings. The Morgan fingerprint density at radius 2 is 1.67 bits per heavy atom. The molecule has 0 N–H and O–H groups in total. The Morgan fingerprint density at radius 3 is 2.33 bits per heavy atom. The third-order valence-corrected chi connectivity index (χ3v) is 3.81. The Labute approximate surface area is 172 Å². The van der Waals surface area contributed by atoms with Gasteiger partial charge in [-0.2, -0.15) is 0 Å². The van der Waals surface area contributed by atoms with Crippen molar-refractivity contribution in [1.82, 2.24) is 0 Å². The maximum absolute atomic E-state index is 11.8. The van der Waals surface area contributed by atoms with Gasteiger partial charge in [-0.1, -0.05) is 12.1 Å². The van der Waals surface area contributed by atoms with Crippen molar-refractivity contribution in [1.29, 1.82) is 0 Å². The van der Waals surface area contributed by atoms with Crippen molar-refractivity contribution in [3.63, 3.8) is 0 Å². The van der Waals surface area contributed by atoms with Crippen LogP contribution in [0.15, 0.2) is 54.6 Å². The number of ketones is 1. The molecule has 2 rings (SSSR count). The van der Waals surface area contributed by atoms with Crippen LogP contribution in [-0.4, -0.2) is 43.0 Å². The minimum atomic E-state index is -0.798. The molecule has 2 aromatic carbocycles. The van der Waals surface area contributed by atoms with E-state index in [0.29, 0.717) is 11.3 Å². The molecular weight excluding hydrogens is 394 g/mol. The van der Waals surface area contributed by atoms with Crippen LogP contribution in [0.25, 0.3) is 6.08 Å². The number of nitrogens with zero attached hydrogens (tertiary/aromatic N) is 1. The molecule has 9 heteroatoms. The zero-order valence-corrected chi connectivity index (χ0v) is 16.1. The van der Waals surface area contributed by atoms with Crippen LogP contribution in [0.5, 0.6) is 5.75 Å². The van der Waals surface area contributed by atoms with Crippen LogP contribution < -0.4 is 4.74 Å². The molecule has 0 fully saturated rings. The van der Waals surface area contributed by atoms with Crippen LogP contribution >= 0.6 is 0 Å². The third kappa shape index (κ3) is 6.86. The summed E-state index contributed by atoms with van der Waals surface area (Å²) in [4.78, 5) is 45.7. The standard InChI is InChI=1S/C21H19NO8/c1-28-18-10-7-16(8-11-18)21(25)30-13-12-29-20(24)14-17(23)9-6-15-4-2-3-5-19(15)22(26)27/h2-11H,12-14H2,1H3. The van der Waals surface area contributed by atoms with Gasteiger partial charge in [0.2, 0.25) is 0 Å². The minimum absolute atomic E-state index is 0.150. The van der Waals surface area contributed by atoms with Gasteiger partial charge in [0.1, 0.15) is 25.4 Å². The minimum Gasteiger partial charge on any atom is -0.497 e. The van der Waals surface area contributed by atoms with Gasteiger partial charge in [-0.3, -0.25) is 19.7 Å². The lowest BCUT2D eigenvalue weighted by molar-refractivity contribution is -0.385. The number of allylic oxidation sites excluding steroid dienone is 1. The van der Waals surface area contributed by atoms with Gasteiger partial charge in [0, 0.05) is 6.07 Å². The van der Waals surface area contributed by atoms with E-state index in [4.69, 9.17) is 14.2 Å². The zero-order valence-electron chi connectivity index (χ0n) is 16.1. The van der Waals surface area contributed by atoms with Crippen LogP contribution in [0.4, 0.5) is 5.69 Å². The molecule has 9 nitrogen and oxygen atoms in total. The number of para-hydroxylation sites is 1. The quantitative estimate of drug-likeness (QED) is 0.145. The second kappa shape index (κ2) is 11.1. The van der Waals surface area contributed by atoms with Crippen molar-refractivity contribution >= 4 is 29.5 Å². The van der Waals surface area contributed by atoms with Crippen LogP contribution in [0, 0.1) is 10.1 Å². The van der Waals surface area contributed by atoms with E-state index in [9.17, 15) is 24.5 Å². The summed E-state index contributed by atoms with van der Waals surface area (Å²) < 4.78 is 14.8. The number of esters is 2. The summed E-state index contributed by atoms with van der Waals surface area (Å²) in [6.45, 7) is -0.376. The SMILES string of the molecule is COc1ccc(C(=O)OCCOC(=O)CC(=O)C=Cc2ccccc2[N+](=O)[O-])cc1. The Morgan fingerprint density at radius 1 is 1.00 bits per heavy atom. The van der Waals surface area contributed by atoms with Gasteiger partial charge in [-0.25, -0.2) is 4.79 Å². The fourth-order valence-electron chi connectivity index (χ4n) is 2.33. The van der Waals surface area contributed by atoms with Crippen molar-refractivity contribution in [2.45, 2.75) is 6.42 Å². The van der Waals surface area contributed by atoms with E-state index < -0.39 is 29.1 Å². The molecule has 156 valence electrons. The summed E-state index contributed by atoms with van der Waals surface area (Å²) in [7, 11) is 1.51. The molecule has 0 atom stereocenters. The first kappa shape index (κ1) is 22.3. The number of nitro benzene ring substituents is 1. The number of nitro groups is 1. The highest BCUT2D eigenvalue weighted by Gasteiger charge is 2.12. The number of hydrogen-bond acceptors (Lipinski definition) is 8. The van der Waals surface area contributed by atoms with Gasteiger partial charge in [0.25, 0.3) is 5.69 Å². The molecule has 0 aliphatic carbocycles. The number of benzene rings is 2. The lowest BCUT2D eigenvalue weighted by atomic mass is 10.1. The Kier molecular flexibility index (Phi) is 8.25. The molecule has 0 bridgehead atoms. The van der Waals surface area contributed by atoms with E-state index in [1.807, 2.05) is 0 Å². The average molecular weight is 413 g/mol.